The van der Waals surface area contributed by atoms with E-state index >= 15 is 0 Å². The van der Waals surface area contributed by atoms with Crippen LogP contribution in [-0.2, 0) is 10.9 Å². The fourth-order valence-electron chi connectivity index (χ4n) is 2.21. The standard InChI is InChI=1S/C14H16F3NO3/c15-14(16,17)11-4-10(5-12(19)6-11)13(20)18-7-9-2-1-3-21-8-9/h4-6,9,19H,1-3,7-8H2,(H,18,20). The van der Waals surface area contributed by atoms with Gasteiger partial charge in [-0.05, 0) is 37.0 Å². The Bertz CT molecular complexity index is 511. The van der Waals surface area contributed by atoms with Crippen molar-refractivity contribution in [3.8, 4) is 5.75 Å². The summed E-state index contributed by atoms with van der Waals surface area (Å²) in [5, 5.41) is 11.9. The van der Waals surface area contributed by atoms with Gasteiger partial charge in [0.2, 0.25) is 0 Å². The molecule has 1 amide bonds. The Morgan fingerprint density at radius 2 is 2.14 bits per heavy atom. The maximum atomic E-state index is 12.6. The third-order valence-electron chi connectivity index (χ3n) is 3.31. The molecule has 2 rings (SSSR count). The average molecular weight is 303 g/mol. The molecule has 2 N–H and O–H groups in total. The number of phenols is 1. The first-order valence-corrected chi connectivity index (χ1v) is 6.63. The first-order valence-electron chi connectivity index (χ1n) is 6.63. The van der Waals surface area contributed by atoms with Crippen LogP contribution in [0, 0.1) is 5.92 Å². The van der Waals surface area contributed by atoms with Crippen molar-refractivity contribution < 1.29 is 27.8 Å². The fourth-order valence-corrected chi connectivity index (χ4v) is 2.21. The van der Waals surface area contributed by atoms with Crippen LogP contribution >= 0.6 is 0 Å². The molecule has 1 aliphatic heterocycles. The van der Waals surface area contributed by atoms with Gasteiger partial charge in [-0.3, -0.25) is 4.79 Å². The summed E-state index contributed by atoms with van der Waals surface area (Å²) in [7, 11) is 0. The average Bonchev–Trinajstić information content (AvgIpc) is 2.44. The van der Waals surface area contributed by atoms with Crippen LogP contribution < -0.4 is 5.32 Å². The molecule has 1 aromatic carbocycles. The molecule has 1 unspecified atom stereocenters. The number of phenolic OH excluding ortho intramolecular Hbond substituents is 1. The third kappa shape index (κ3) is 4.35. The van der Waals surface area contributed by atoms with Crippen molar-refractivity contribution >= 4 is 5.91 Å². The highest BCUT2D eigenvalue weighted by atomic mass is 19.4. The molecule has 1 fully saturated rings. The number of hydrogen-bond donors (Lipinski definition) is 2. The molecule has 0 aliphatic carbocycles. The van der Waals surface area contributed by atoms with E-state index in [1.165, 1.54) is 0 Å². The molecule has 0 aromatic heterocycles. The number of halogens is 3. The van der Waals surface area contributed by atoms with E-state index in [2.05, 4.69) is 5.32 Å². The molecule has 0 saturated carbocycles. The van der Waals surface area contributed by atoms with E-state index in [9.17, 15) is 23.1 Å². The van der Waals surface area contributed by atoms with E-state index in [1.54, 1.807) is 0 Å². The van der Waals surface area contributed by atoms with Crippen LogP contribution in [-0.4, -0.2) is 30.8 Å². The minimum atomic E-state index is -4.61. The highest BCUT2D eigenvalue weighted by molar-refractivity contribution is 5.94. The van der Waals surface area contributed by atoms with Crippen LogP contribution in [0.15, 0.2) is 18.2 Å². The summed E-state index contributed by atoms with van der Waals surface area (Å²) in [6.45, 7) is 1.58. The van der Waals surface area contributed by atoms with Crippen LogP contribution in [0.3, 0.4) is 0 Å². The summed E-state index contributed by atoms with van der Waals surface area (Å²) in [5.74, 6) is -1.06. The number of carbonyl (C=O) groups excluding carboxylic acids is 1. The topological polar surface area (TPSA) is 58.6 Å². The van der Waals surface area contributed by atoms with Crippen molar-refractivity contribution in [1.29, 1.82) is 0 Å². The maximum absolute atomic E-state index is 12.6. The van der Waals surface area contributed by atoms with Gasteiger partial charge in [0.15, 0.2) is 0 Å². The summed E-state index contributed by atoms with van der Waals surface area (Å²) >= 11 is 0. The summed E-state index contributed by atoms with van der Waals surface area (Å²) in [6.07, 6.45) is -2.79. The number of rotatable bonds is 3. The summed E-state index contributed by atoms with van der Waals surface area (Å²) in [6, 6.07) is 2.33. The number of hydrogen-bond acceptors (Lipinski definition) is 3. The van der Waals surface area contributed by atoms with Crippen LogP contribution in [0.2, 0.25) is 0 Å². The quantitative estimate of drug-likeness (QED) is 0.902. The molecule has 0 spiro atoms. The van der Waals surface area contributed by atoms with Crippen molar-refractivity contribution in [2.45, 2.75) is 19.0 Å². The SMILES string of the molecule is O=C(NCC1CCCOC1)c1cc(O)cc(C(F)(F)F)c1. The van der Waals surface area contributed by atoms with Crippen LogP contribution in [0.4, 0.5) is 13.2 Å². The molecule has 7 heteroatoms. The van der Waals surface area contributed by atoms with E-state index < -0.39 is 23.4 Å². The van der Waals surface area contributed by atoms with Crippen LogP contribution in [0.25, 0.3) is 0 Å². The second-order valence-electron chi connectivity index (χ2n) is 5.06. The molecule has 1 aliphatic rings. The maximum Gasteiger partial charge on any atom is 0.416 e. The van der Waals surface area contributed by atoms with Crippen molar-refractivity contribution in [1.82, 2.24) is 5.32 Å². The molecule has 4 nitrogen and oxygen atoms in total. The lowest BCUT2D eigenvalue weighted by atomic mass is 10.0. The monoisotopic (exact) mass is 303 g/mol. The second kappa shape index (κ2) is 6.34. The van der Waals surface area contributed by atoms with E-state index in [0.717, 1.165) is 25.0 Å². The Morgan fingerprint density at radius 3 is 2.76 bits per heavy atom. The number of alkyl halides is 3. The smallest absolute Gasteiger partial charge is 0.416 e. The Kier molecular flexibility index (Phi) is 4.72. The normalized spacial score (nSPS) is 19.3. The molecule has 1 atom stereocenters. The van der Waals surface area contributed by atoms with Crippen molar-refractivity contribution in [2.75, 3.05) is 19.8 Å². The van der Waals surface area contributed by atoms with Crippen molar-refractivity contribution in [2.24, 2.45) is 5.92 Å². The first-order chi connectivity index (χ1) is 9.86. The summed E-state index contributed by atoms with van der Waals surface area (Å²) in [4.78, 5) is 11.9. The van der Waals surface area contributed by atoms with Gasteiger partial charge in [-0.2, -0.15) is 13.2 Å². The van der Waals surface area contributed by atoms with E-state index in [4.69, 9.17) is 4.74 Å². The van der Waals surface area contributed by atoms with Gasteiger partial charge in [-0.25, -0.2) is 0 Å². The Morgan fingerprint density at radius 1 is 1.38 bits per heavy atom. The predicted octanol–water partition coefficient (Wildman–Crippen LogP) is 2.57. The molecule has 0 bridgehead atoms. The van der Waals surface area contributed by atoms with Gasteiger partial charge in [-0.15, -0.1) is 0 Å². The number of carbonyl (C=O) groups is 1. The van der Waals surface area contributed by atoms with Crippen LogP contribution in [0.5, 0.6) is 5.75 Å². The predicted molar refractivity (Wildman–Crippen MR) is 69.0 cm³/mol. The van der Waals surface area contributed by atoms with Gasteiger partial charge in [0.05, 0.1) is 12.2 Å². The van der Waals surface area contributed by atoms with Gasteiger partial charge >= 0.3 is 6.18 Å². The summed E-state index contributed by atoms with van der Waals surface area (Å²) < 4.78 is 43.1. The molecule has 116 valence electrons. The number of ether oxygens (including phenoxy) is 1. The lowest BCUT2D eigenvalue weighted by Gasteiger charge is -2.22. The zero-order chi connectivity index (χ0) is 15.5. The molecule has 1 saturated heterocycles. The van der Waals surface area contributed by atoms with Crippen LogP contribution in [0.1, 0.15) is 28.8 Å². The van der Waals surface area contributed by atoms with E-state index in [0.29, 0.717) is 25.8 Å². The van der Waals surface area contributed by atoms with Gasteiger partial charge in [0.1, 0.15) is 5.75 Å². The Labute approximate surface area is 119 Å². The zero-order valence-corrected chi connectivity index (χ0v) is 11.2. The third-order valence-corrected chi connectivity index (χ3v) is 3.31. The molecular weight excluding hydrogens is 287 g/mol. The van der Waals surface area contributed by atoms with Gasteiger partial charge in [0, 0.05) is 18.7 Å². The number of amides is 1. The Balaban J connectivity index is 2.03. The fraction of sp³-hybridized carbons (Fsp3) is 0.500. The minimum absolute atomic E-state index is 0.169. The molecule has 21 heavy (non-hydrogen) atoms. The molecule has 1 aromatic rings. The lowest BCUT2D eigenvalue weighted by Crippen LogP contribution is -2.33. The van der Waals surface area contributed by atoms with Crippen molar-refractivity contribution in [3.63, 3.8) is 0 Å². The van der Waals surface area contributed by atoms with E-state index in [1.807, 2.05) is 0 Å². The minimum Gasteiger partial charge on any atom is -0.508 e. The van der Waals surface area contributed by atoms with Gasteiger partial charge in [0.25, 0.3) is 5.91 Å². The largest absolute Gasteiger partial charge is 0.508 e. The Hall–Kier alpha value is -1.76. The number of benzene rings is 1. The highest BCUT2D eigenvalue weighted by Gasteiger charge is 2.32. The van der Waals surface area contributed by atoms with Gasteiger partial charge < -0.3 is 15.2 Å². The summed E-state index contributed by atoms with van der Waals surface area (Å²) in [5.41, 5.74) is -1.26. The molecule has 1 heterocycles. The lowest BCUT2D eigenvalue weighted by molar-refractivity contribution is -0.137. The second-order valence-corrected chi connectivity index (χ2v) is 5.06. The zero-order valence-electron chi connectivity index (χ0n) is 11.2. The highest BCUT2D eigenvalue weighted by Crippen LogP contribution is 2.32. The van der Waals surface area contributed by atoms with E-state index in [-0.39, 0.29) is 11.5 Å². The molecular formula is C14H16F3NO3. The number of aromatic hydroxyl groups is 1. The van der Waals surface area contributed by atoms with Crippen molar-refractivity contribution in [3.05, 3.63) is 29.3 Å². The first kappa shape index (κ1) is 15.6. The van der Waals surface area contributed by atoms with Gasteiger partial charge in [-0.1, -0.05) is 0 Å². The molecule has 0 radical (unpaired) electrons. The number of nitrogens with one attached hydrogen (secondary N) is 1.